The number of thiazole rings is 1. The second-order valence-corrected chi connectivity index (χ2v) is 4.45. The number of amides is 1. The molecule has 0 aliphatic heterocycles. The SMILES string of the molecule is O=C(O)COCC(=O)Nc1nc2ccccc2s1. The maximum atomic E-state index is 11.4. The van der Waals surface area contributed by atoms with E-state index in [1.807, 2.05) is 24.3 Å². The summed E-state index contributed by atoms with van der Waals surface area (Å²) in [6, 6.07) is 7.51. The van der Waals surface area contributed by atoms with E-state index in [0.29, 0.717) is 5.13 Å². The van der Waals surface area contributed by atoms with Gasteiger partial charge in [0.25, 0.3) is 5.91 Å². The van der Waals surface area contributed by atoms with Gasteiger partial charge >= 0.3 is 5.97 Å². The molecule has 0 bridgehead atoms. The minimum atomic E-state index is -1.11. The molecule has 1 aromatic carbocycles. The third-order valence-corrected chi connectivity index (χ3v) is 2.95. The number of carboxylic acids is 1. The Morgan fingerprint density at radius 2 is 2.11 bits per heavy atom. The third-order valence-electron chi connectivity index (χ3n) is 2.00. The predicted octanol–water partition coefficient (Wildman–Crippen LogP) is 1.34. The van der Waals surface area contributed by atoms with E-state index in [4.69, 9.17) is 5.11 Å². The standard InChI is InChI=1S/C11H10N2O4S/c14-9(5-17-6-10(15)16)13-11-12-7-3-1-2-4-8(7)18-11/h1-4H,5-6H2,(H,15,16)(H,12,13,14). The summed E-state index contributed by atoms with van der Waals surface area (Å²) in [6.07, 6.45) is 0. The number of para-hydroxylation sites is 1. The number of carbonyl (C=O) groups excluding carboxylic acids is 1. The lowest BCUT2D eigenvalue weighted by atomic mass is 10.3. The van der Waals surface area contributed by atoms with Gasteiger partial charge in [0.05, 0.1) is 10.2 Å². The van der Waals surface area contributed by atoms with E-state index in [-0.39, 0.29) is 6.61 Å². The summed E-state index contributed by atoms with van der Waals surface area (Å²) in [5.41, 5.74) is 0.809. The molecule has 1 amide bonds. The van der Waals surface area contributed by atoms with Crippen LogP contribution < -0.4 is 5.32 Å². The Hall–Kier alpha value is -1.99. The van der Waals surface area contributed by atoms with Crippen molar-refractivity contribution in [3.63, 3.8) is 0 Å². The van der Waals surface area contributed by atoms with Crippen molar-refractivity contribution in [1.29, 1.82) is 0 Å². The van der Waals surface area contributed by atoms with Crippen LogP contribution in [0.2, 0.25) is 0 Å². The van der Waals surface area contributed by atoms with Gasteiger partial charge < -0.3 is 9.84 Å². The molecule has 7 heteroatoms. The lowest BCUT2D eigenvalue weighted by Gasteiger charge is -2.00. The van der Waals surface area contributed by atoms with E-state index in [0.717, 1.165) is 10.2 Å². The van der Waals surface area contributed by atoms with Crippen molar-refractivity contribution in [2.24, 2.45) is 0 Å². The summed E-state index contributed by atoms with van der Waals surface area (Å²) in [6.45, 7) is -0.796. The number of rotatable bonds is 5. The Balaban J connectivity index is 1.92. The van der Waals surface area contributed by atoms with Crippen molar-refractivity contribution in [3.8, 4) is 0 Å². The average molecular weight is 266 g/mol. The first kappa shape index (κ1) is 12.5. The van der Waals surface area contributed by atoms with Crippen LogP contribution in [-0.4, -0.2) is 35.2 Å². The predicted molar refractivity (Wildman–Crippen MR) is 66.7 cm³/mol. The topological polar surface area (TPSA) is 88.5 Å². The summed E-state index contributed by atoms with van der Waals surface area (Å²) in [4.78, 5) is 25.8. The first-order valence-electron chi connectivity index (χ1n) is 5.10. The third kappa shape index (κ3) is 3.25. The molecule has 18 heavy (non-hydrogen) atoms. The fourth-order valence-electron chi connectivity index (χ4n) is 1.31. The second kappa shape index (κ2) is 5.56. The van der Waals surface area contributed by atoms with Gasteiger partial charge in [0.2, 0.25) is 0 Å². The van der Waals surface area contributed by atoms with E-state index in [1.54, 1.807) is 0 Å². The van der Waals surface area contributed by atoms with Gasteiger partial charge in [0, 0.05) is 0 Å². The van der Waals surface area contributed by atoms with Crippen molar-refractivity contribution in [2.75, 3.05) is 18.5 Å². The monoisotopic (exact) mass is 266 g/mol. The summed E-state index contributed by atoms with van der Waals surface area (Å²) >= 11 is 1.35. The average Bonchev–Trinajstić information content (AvgIpc) is 2.70. The van der Waals surface area contributed by atoms with Gasteiger partial charge in [0.1, 0.15) is 13.2 Å². The minimum Gasteiger partial charge on any atom is -0.480 e. The highest BCUT2D eigenvalue weighted by atomic mass is 32.1. The summed E-state index contributed by atoms with van der Waals surface area (Å²) in [7, 11) is 0. The van der Waals surface area contributed by atoms with E-state index in [1.165, 1.54) is 11.3 Å². The quantitative estimate of drug-likeness (QED) is 0.852. The van der Waals surface area contributed by atoms with Crippen LogP contribution in [0.5, 0.6) is 0 Å². The maximum absolute atomic E-state index is 11.4. The summed E-state index contributed by atoms with van der Waals surface area (Å²) in [5, 5.41) is 11.4. The first-order chi connectivity index (χ1) is 8.65. The Kier molecular flexibility index (Phi) is 3.85. The highest BCUT2D eigenvalue weighted by Gasteiger charge is 2.08. The summed E-state index contributed by atoms with van der Waals surface area (Å²) in [5.74, 6) is -1.53. The molecular weight excluding hydrogens is 256 g/mol. The molecule has 6 nitrogen and oxygen atoms in total. The normalized spacial score (nSPS) is 10.4. The van der Waals surface area contributed by atoms with Crippen LogP contribution in [0.25, 0.3) is 10.2 Å². The van der Waals surface area contributed by atoms with Gasteiger partial charge in [-0.3, -0.25) is 10.1 Å². The van der Waals surface area contributed by atoms with Crippen molar-refractivity contribution in [1.82, 2.24) is 4.98 Å². The first-order valence-corrected chi connectivity index (χ1v) is 5.92. The number of aromatic nitrogens is 1. The molecule has 0 aliphatic carbocycles. The number of carbonyl (C=O) groups is 2. The second-order valence-electron chi connectivity index (χ2n) is 3.42. The zero-order valence-electron chi connectivity index (χ0n) is 9.25. The zero-order chi connectivity index (χ0) is 13.0. The summed E-state index contributed by atoms with van der Waals surface area (Å²) < 4.78 is 5.64. The Morgan fingerprint density at radius 3 is 2.83 bits per heavy atom. The highest BCUT2D eigenvalue weighted by Crippen LogP contribution is 2.25. The van der Waals surface area contributed by atoms with E-state index < -0.39 is 18.5 Å². The van der Waals surface area contributed by atoms with Crippen LogP contribution in [0, 0.1) is 0 Å². The fraction of sp³-hybridized carbons (Fsp3) is 0.182. The molecule has 0 saturated heterocycles. The lowest BCUT2D eigenvalue weighted by molar-refractivity contribution is -0.143. The molecule has 0 saturated carbocycles. The van der Waals surface area contributed by atoms with Gasteiger partial charge in [-0.15, -0.1) is 0 Å². The largest absolute Gasteiger partial charge is 0.480 e. The molecule has 0 unspecified atom stereocenters. The molecule has 0 atom stereocenters. The number of benzene rings is 1. The Bertz CT molecular complexity index is 548. The number of fused-ring (bicyclic) bond motifs is 1. The van der Waals surface area contributed by atoms with E-state index in [9.17, 15) is 9.59 Å². The fourth-order valence-corrected chi connectivity index (χ4v) is 2.19. The molecule has 2 aromatic rings. The zero-order valence-corrected chi connectivity index (χ0v) is 10.1. The molecule has 0 spiro atoms. The van der Waals surface area contributed by atoms with Crippen LogP contribution in [-0.2, 0) is 14.3 Å². The Morgan fingerprint density at radius 1 is 1.33 bits per heavy atom. The van der Waals surface area contributed by atoms with Gasteiger partial charge in [-0.25, -0.2) is 9.78 Å². The van der Waals surface area contributed by atoms with Gasteiger partial charge in [-0.2, -0.15) is 0 Å². The molecule has 1 heterocycles. The van der Waals surface area contributed by atoms with Gasteiger partial charge in [-0.05, 0) is 12.1 Å². The molecule has 94 valence electrons. The van der Waals surface area contributed by atoms with Crippen LogP contribution in [0.1, 0.15) is 0 Å². The molecular formula is C11H10N2O4S. The van der Waals surface area contributed by atoms with Crippen molar-refractivity contribution in [2.45, 2.75) is 0 Å². The molecule has 0 aliphatic rings. The Labute approximate surface area is 106 Å². The van der Waals surface area contributed by atoms with Crippen LogP contribution in [0.15, 0.2) is 24.3 Å². The number of hydrogen-bond acceptors (Lipinski definition) is 5. The van der Waals surface area contributed by atoms with Crippen molar-refractivity contribution in [3.05, 3.63) is 24.3 Å². The molecule has 2 rings (SSSR count). The van der Waals surface area contributed by atoms with Gasteiger partial charge in [-0.1, -0.05) is 23.5 Å². The number of anilines is 1. The van der Waals surface area contributed by atoms with E-state index >= 15 is 0 Å². The number of nitrogens with zero attached hydrogens (tertiary/aromatic N) is 1. The van der Waals surface area contributed by atoms with Crippen molar-refractivity contribution < 1.29 is 19.4 Å². The number of ether oxygens (including phenoxy) is 1. The number of hydrogen-bond donors (Lipinski definition) is 2. The maximum Gasteiger partial charge on any atom is 0.329 e. The molecule has 1 aromatic heterocycles. The smallest absolute Gasteiger partial charge is 0.329 e. The minimum absolute atomic E-state index is 0.303. The molecule has 2 N–H and O–H groups in total. The van der Waals surface area contributed by atoms with Crippen LogP contribution >= 0.6 is 11.3 Å². The lowest BCUT2D eigenvalue weighted by Crippen LogP contribution is -2.20. The highest BCUT2D eigenvalue weighted by molar-refractivity contribution is 7.22. The van der Waals surface area contributed by atoms with Crippen LogP contribution in [0.3, 0.4) is 0 Å². The molecule has 0 radical (unpaired) electrons. The van der Waals surface area contributed by atoms with Crippen molar-refractivity contribution >= 4 is 38.6 Å². The van der Waals surface area contributed by atoms with E-state index in [2.05, 4.69) is 15.0 Å². The van der Waals surface area contributed by atoms with Gasteiger partial charge in [0.15, 0.2) is 5.13 Å². The number of nitrogens with one attached hydrogen (secondary N) is 1. The number of carboxylic acid groups (broad SMARTS) is 1. The van der Waals surface area contributed by atoms with Crippen LogP contribution in [0.4, 0.5) is 5.13 Å². The number of aliphatic carboxylic acids is 1. The molecule has 0 fully saturated rings.